The van der Waals surface area contributed by atoms with Gasteiger partial charge in [-0.3, -0.25) is 9.59 Å². The largest absolute Gasteiger partial charge is 0.342 e. The Kier molecular flexibility index (Phi) is 3.82. The maximum Gasteiger partial charge on any atom is 0.254 e. The fourth-order valence-electron chi connectivity index (χ4n) is 2.39. The van der Waals surface area contributed by atoms with Crippen LogP contribution in [0, 0.1) is 0 Å². The lowest BCUT2D eigenvalue weighted by Crippen LogP contribution is -2.50. The van der Waals surface area contributed by atoms with Crippen molar-refractivity contribution in [1.29, 1.82) is 0 Å². The molecule has 1 aromatic carbocycles. The van der Waals surface area contributed by atoms with Crippen LogP contribution in [0.5, 0.6) is 0 Å². The van der Waals surface area contributed by atoms with Gasteiger partial charge in [-0.2, -0.15) is 0 Å². The zero-order chi connectivity index (χ0) is 15.5. The summed E-state index contributed by atoms with van der Waals surface area (Å²) in [5.41, 5.74) is 2.30. The number of carbonyl (C=O) groups excluding carboxylic acids is 2. The van der Waals surface area contributed by atoms with Crippen molar-refractivity contribution in [1.82, 2.24) is 19.8 Å². The van der Waals surface area contributed by atoms with E-state index >= 15 is 0 Å². The highest BCUT2D eigenvalue weighted by Crippen LogP contribution is 2.19. The second-order valence-electron chi connectivity index (χ2n) is 5.25. The predicted molar refractivity (Wildman–Crippen MR) is 81.0 cm³/mol. The summed E-state index contributed by atoms with van der Waals surface area (Å²) in [5, 5.41) is 0. The van der Waals surface area contributed by atoms with Crippen LogP contribution in [0.25, 0.3) is 11.1 Å². The highest BCUT2D eigenvalue weighted by atomic mass is 16.2. The van der Waals surface area contributed by atoms with E-state index < -0.39 is 0 Å². The zero-order valence-electron chi connectivity index (χ0n) is 12.3. The van der Waals surface area contributed by atoms with Gasteiger partial charge in [0.25, 0.3) is 5.91 Å². The van der Waals surface area contributed by atoms with Gasteiger partial charge in [-0.15, -0.1) is 0 Å². The first kappa shape index (κ1) is 14.2. The average molecular weight is 296 g/mol. The molecule has 0 N–H and O–H groups in total. The minimum Gasteiger partial charge on any atom is -0.342 e. The van der Waals surface area contributed by atoms with E-state index in [1.54, 1.807) is 35.3 Å². The maximum absolute atomic E-state index is 12.6. The molecule has 0 aliphatic carbocycles. The first-order valence-corrected chi connectivity index (χ1v) is 7.04. The fraction of sp³-hybridized carbons (Fsp3) is 0.250. The second kappa shape index (κ2) is 5.93. The van der Waals surface area contributed by atoms with Crippen LogP contribution in [0.4, 0.5) is 0 Å². The van der Waals surface area contributed by atoms with Gasteiger partial charge in [0.1, 0.15) is 12.9 Å². The van der Waals surface area contributed by atoms with E-state index in [9.17, 15) is 9.59 Å². The Morgan fingerprint density at radius 2 is 1.91 bits per heavy atom. The van der Waals surface area contributed by atoms with E-state index in [0.29, 0.717) is 18.7 Å². The van der Waals surface area contributed by atoms with Crippen molar-refractivity contribution in [3.63, 3.8) is 0 Å². The smallest absolute Gasteiger partial charge is 0.254 e. The third kappa shape index (κ3) is 2.81. The van der Waals surface area contributed by atoms with Gasteiger partial charge in [-0.1, -0.05) is 12.1 Å². The van der Waals surface area contributed by atoms with Crippen LogP contribution in [0.3, 0.4) is 0 Å². The number of hydrogen-bond acceptors (Lipinski definition) is 4. The lowest BCUT2D eigenvalue weighted by molar-refractivity contribution is -0.133. The van der Waals surface area contributed by atoms with Crippen LogP contribution < -0.4 is 0 Å². The second-order valence-corrected chi connectivity index (χ2v) is 5.25. The van der Waals surface area contributed by atoms with Crippen LogP contribution in [0.1, 0.15) is 10.4 Å². The number of amides is 2. The Hall–Kier alpha value is -2.76. The van der Waals surface area contributed by atoms with Gasteiger partial charge in [0, 0.05) is 43.7 Å². The topological polar surface area (TPSA) is 66.4 Å². The molecule has 0 radical (unpaired) electrons. The number of hydrogen-bond donors (Lipinski definition) is 0. The van der Waals surface area contributed by atoms with Crippen LogP contribution in [-0.2, 0) is 4.79 Å². The lowest BCUT2D eigenvalue weighted by atomic mass is 10.0. The van der Waals surface area contributed by atoms with E-state index in [2.05, 4.69) is 9.97 Å². The standard InChI is InChI=1S/C16H16N4O2/c1-19-5-6-20(10-15(19)21)16(22)13-4-2-3-12(7-13)14-8-17-11-18-9-14/h2-4,7-9,11H,5-6,10H2,1H3. The molecule has 1 aromatic heterocycles. The molecule has 2 heterocycles. The van der Waals surface area contributed by atoms with Crippen LogP contribution in [0.2, 0.25) is 0 Å². The molecule has 1 aliphatic rings. The predicted octanol–water partition coefficient (Wildman–Crippen LogP) is 1.06. The quantitative estimate of drug-likeness (QED) is 0.831. The highest BCUT2D eigenvalue weighted by Gasteiger charge is 2.25. The molecule has 0 atom stereocenters. The van der Waals surface area contributed by atoms with Crippen molar-refractivity contribution in [2.45, 2.75) is 0 Å². The fourth-order valence-corrected chi connectivity index (χ4v) is 2.39. The molecule has 0 saturated carbocycles. The van der Waals surface area contributed by atoms with Gasteiger partial charge in [-0.25, -0.2) is 9.97 Å². The molecule has 1 fully saturated rings. The van der Waals surface area contributed by atoms with Crippen molar-refractivity contribution in [3.05, 3.63) is 48.5 Å². The Labute approximate surface area is 128 Å². The number of carbonyl (C=O) groups is 2. The summed E-state index contributed by atoms with van der Waals surface area (Å²) < 4.78 is 0. The average Bonchev–Trinajstić information content (AvgIpc) is 2.57. The van der Waals surface area contributed by atoms with Crippen molar-refractivity contribution >= 4 is 11.8 Å². The molecular formula is C16H16N4O2. The van der Waals surface area contributed by atoms with E-state index in [-0.39, 0.29) is 18.4 Å². The molecule has 2 aromatic rings. The van der Waals surface area contributed by atoms with Gasteiger partial charge >= 0.3 is 0 Å². The summed E-state index contributed by atoms with van der Waals surface area (Å²) >= 11 is 0. The summed E-state index contributed by atoms with van der Waals surface area (Å²) in [6.45, 7) is 1.25. The Morgan fingerprint density at radius 1 is 1.14 bits per heavy atom. The molecular weight excluding hydrogens is 280 g/mol. The molecule has 0 spiro atoms. The summed E-state index contributed by atoms with van der Waals surface area (Å²) in [6.07, 6.45) is 4.88. The highest BCUT2D eigenvalue weighted by molar-refractivity contribution is 5.98. The van der Waals surface area contributed by atoms with E-state index in [0.717, 1.165) is 11.1 Å². The van der Waals surface area contributed by atoms with Gasteiger partial charge in [0.15, 0.2) is 0 Å². The summed E-state index contributed by atoms with van der Waals surface area (Å²) in [6, 6.07) is 7.31. The molecule has 6 nitrogen and oxygen atoms in total. The molecule has 2 amide bonds. The van der Waals surface area contributed by atoms with Crippen LogP contribution in [0.15, 0.2) is 43.0 Å². The molecule has 0 bridgehead atoms. The van der Waals surface area contributed by atoms with Crippen LogP contribution in [-0.4, -0.2) is 58.3 Å². The Morgan fingerprint density at radius 3 is 2.64 bits per heavy atom. The number of aromatic nitrogens is 2. The van der Waals surface area contributed by atoms with Gasteiger partial charge in [0.2, 0.25) is 5.91 Å². The number of piperazine rings is 1. The van der Waals surface area contributed by atoms with Crippen molar-refractivity contribution < 1.29 is 9.59 Å². The molecule has 112 valence electrons. The first-order chi connectivity index (χ1) is 10.6. The molecule has 1 aliphatic heterocycles. The lowest BCUT2D eigenvalue weighted by Gasteiger charge is -2.32. The van der Waals surface area contributed by atoms with E-state index in [1.807, 2.05) is 18.2 Å². The van der Waals surface area contributed by atoms with E-state index in [1.165, 1.54) is 6.33 Å². The summed E-state index contributed by atoms with van der Waals surface area (Å²) in [7, 11) is 1.75. The number of rotatable bonds is 2. The molecule has 1 saturated heterocycles. The minimum atomic E-state index is -0.125. The normalized spacial score (nSPS) is 15.0. The van der Waals surface area contributed by atoms with Crippen molar-refractivity contribution in [2.75, 3.05) is 26.7 Å². The van der Waals surface area contributed by atoms with Gasteiger partial charge in [0.05, 0.1) is 0 Å². The minimum absolute atomic E-state index is 0.0350. The monoisotopic (exact) mass is 296 g/mol. The SMILES string of the molecule is CN1CCN(C(=O)c2cccc(-c3cncnc3)c2)CC1=O. The molecule has 3 rings (SSSR count). The zero-order valence-corrected chi connectivity index (χ0v) is 12.3. The first-order valence-electron chi connectivity index (χ1n) is 7.04. The number of benzene rings is 1. The van der Waals surface area contributed by atoms with E-state index in [4.69, 9.17) is 0 Å². The van der Waals surface area contributed by atoms with Crippen molar-refractivity contribution in [2.24, 2.45) is 0 Å². The Bertz CT molecular complexity index is 702. The van der Waals surface area contributed by atoms with Crippen molar-refractivity contribution in [3.8, 4) is 11.1 Å². The summed E-state index contributed by atoms with van der Waals surface area (Å²) in [5.74, 6) is -0.160. The van der Waals surface area contributed by atoms with Crippen LogP contribution >= 0.6 is 0 Å². The third-order valence-corrected chi connectivity index (χ3v) is 3.75. The van der Waals surface area contributed by atoms with Gasteiger partial charge < -0.3 is 9.80 Å². The Balaban J connectivity index is 1.83. The van der Waals surface area contributed by atoms with Gasteiger partial charge in [-0.05, 0) is 17.7 Å². The number of nitrogens with zero attached hydrogens (tertiary/aromatic N) is 4. The number of likely N-dealkylation sites (N-methyl/N-ethyl adjacent to an activating group) is 1. The molecule has 6 heteroatoms. The maximum atomic E-state index is 12.6. The summed E-state index contributed by atoms with van der Waals surface area (Å²) in [4.78, 5) is 35.5. The molecule has 0 unspecified atom stereocenters. The molecule has 22 heavy (non-hydrogen) atoms. The third-order valence-electron chi connectivity index (χ3n) is 3.75.